The van der Waals surface area contributed by atoms with Gasteiger partial charge in [-0.25, -0.2) is 0 Å². The van der Waals surface area contributed by atoms with E-state index in [9.17, 15) is 0 Å². The molecule has 12 aromatic rings. The van der Waals surface area contributed by atoms with Gasteiger partial charge in [0.2, 0.25) is 0 Å². The number of nitrogens with zero attached hydrogens (tertiary/aromatic N) is 2. The summed E-state index contributed by atoms with van der Waals surface area (Å²) >= 11 is 0. The fraction of sp³-hybridized carbons (Fsp3) is 0. The van der Waals surface area contributed by atoms with Crippen LogP contribution in [-0.4, -0.2) is 4.57 Å². The van der Waals surface area contributed by atoms with Gasteiger partial charge in [0.15, 0.2) is 0 Å². The first kappa shape index (κ1) is 38.9. The van der Waals surface area contributed by atoms with Crippen LogP contribution in [0.25, 0.3) is 93.9 Å². The lowest BCUT2D eigenvalue weighted by Crippen LogP contribution is -2.09. The Bertz CT molecular complexity index is 3530. The normalized spacial score (nSPS) is 11.3. The minimum Gasteiger partial charge on any atom is -0.311 e. The van der Waals surface area contributed by atoms with E-state index in [0.29, 0.717) is 0 Å². The average molecular weight is 841 g/mol. The monoisotopic (exact) mass is 840 g/mol. The molecule has 1 aromatic heterocycles. The Balaban J connectivity index is 0.894. The van der Waals surface area contributed by atoms with E-state index in [0.717, 1.165) is 22.7 Å². The van der Waals surface area contributed by atoms with Crippen LogP contribution in [0.15, 0.2) is 267 Å². The summed E-state index contributed by atoms with van der Waals surface area (Å²) in [7, 11) is 0. The Morgan fingerprint density at radius 1 is 0.242 bits per heavy atom. The third-order valence-electron chi connectivity index (χ3n) is 13.0. The van der Waals surface area contributed by atoms with Crippen LogP contribution in [0.5, 0.6) is 0 Å². The predicted molar refractivity (Wildman–Crippen MR) is 280 cm³/mol. The first-order valence-electron chi connectivity index (χ1n) is 22.7. The van der Waals surface area contributed by atoms with Crippen molar-refractivity contribution in [2.75, 3.05) is 4.90 Å². The molecule has 66 heavy (non-hydrogen) atoms. The first-order valence-corrected chi connectivity index (χ1v) is 22.7. The van der Waals surface area contributed by atoms with Crippen molar-refractivity contribution in [1.82, 2.24) is 4.57 Å². The lowest BCUT2D eigenvalue weighted by molar-refractivity contribution is 1.18. The Hall–Kier alpha value is -8.72. The van der Waals surface area contributed by atoms with Crippen LogP contribution in [-0.2, 0) is 0 Å². The fourth-order valence-electron chi connectivity index (χ4n) is 9.68. The van der Waals surface area contributed by atoms with Gasteiger partial charge in [0, 0.05) is 33.5 Å². The molecule has 2 heteroatoms. The van der Waals surface area contributed by atoms with Crippen molar-refractivity contribution in [3.63, 3.8) is 0 Å². The van der Waals surface area contributed by atoms with E-state index >= 15 is 0 Å². The molecular formula is C64H44N2. The van der Waals surface area contributed by atoms with Crippen LogP contribution in [0.2, 0.25) is 0 Å². The SMILES string of the molecule is c1ccc(-c2ccc(N(c3ccc(-c4ccc(-n5c6ccc(-c7ccccc7)cc6c6cc(-c7ccccc7)ccc65)cc4)cc3)c3ccc(-c4cccc5ccccc45)cc3)cc2)cc1. The van der Waals surface area contributed by atoms with E-state index in [1.54, 1.807) is 0 Å². The van der Waals surface area contributed by atoms with Crippen molar-refractivity contribution >= 4 is 49.6 Å². The summed E-state index contributed by atoms with van der Waals surface area (Å²) in [6.45, 7) is 0. The molecule has 0 saturated carbocycles. The molecule has 0 N–H and O–H groups in total. The number of fused-ring (bicyclic) bond motifs is 4. The Kier molecular flexibility index (Phi) is 9.89. The van der Waals surface area contributed by atoms with Gasteiger partial charge >= 0.3 is 0 Å². The molecule has 0 aliphatic heterocycles. The van der Waals surface area contributed by atoms with Crippen molar-refractivity contribution in [1.29, 1.82) is 0 Å². The molecule has 0 fully saturated rings. The first-order chi connectivity index (χ1) is 32.7. The zero-order valence-corrected chi connectivity index (χ0v) is 36.3. The summed E-state index contributed by atoms with van der Waals surface area (Å²) < 4.78 is 2.41. The summed E-state index contributed by atoms with van der Waals surface area (Å²) in [5.74, 6) is 0. The largest absolute Gasteiger partial charge is 0.311 e. The zero-order chi connectivity index (χ0) is 43.8. The highest BCUT2D eigenvalue weighted by Crippen LogP contribution is 2.40. The molecule has 12 rings (SSSR count). The zero-order valence-electron chi connectivity index (χ0n) is 36.3. The Labute approximate surface area is 385 Å². The summed E-state index contributed by atoms with van der Waals surface area (Å²) in [5.41, 5.74) is 18.8. The van der Waals surface area contributed by atoms with Gasteiger partial charge in [0.25, 0.3) is 0 Å². The number of aromatic nitrogens is 1. The van der Waals surface area contributed by atoms with E-state index in [2.05, 4.69) is 276 Å². The maximum atomic E-state index is 2.41. The summed E-state index contributed by atoms with van der Waals surface area (Å²) in [6.07, 6.45) is 0. The van der Waals surface area contributed by atoms with Gasteiger partial charge in [0.05, 0.1) is 11.0 Å². The molecule has 1 heterocycles. The van der Waals surface area contributed by atoms with Gasteiger partial charge in [-0.1, -0.05) is 194 Å². The topological polar surface area (TPSA) is 8.17 Å². The third kappa shape index (κ3) is 7.21. The Morgan fingerprint density at radius 3 is 1.09 bits per heavy atom. The maximum absolute atomic E-state index is 2.41. The van der Waals surface area contributed by atoms with Gasteiger partial charge in [-0.15, -0.1) is 0 Å². The average Bonchev–Trinajstić information content (AvgIpc) is 3.73. The molecule has 0 aliphatic rings. The summed E-state index contributed by atoms with van der Waals surface area (Å²) in [4.78, 5) is 2.35. The smallest absolute Gasteiger partial charge is 0.0541 e. The Morgan fingerprint density at radius 2 is 0.606 bits per heavy atom. The minimum atomic E-state index is 1.09. The number of benzene rings is 11. The van der Waals surface area contributed by atoms with Gasteiger partial charge in [-0.3, -0.25) is 0 Å². The van der Waals surface area contributed by atoms with Crippen molar-refractivity contribution in [3.8, 4) is 61.3 Å². The van der Waals surface area contributed by atoms with E-state index in [1.807, 2.05) is 0 Å². The van der Waals surface area contributed by atoms with Gasteiger partial charge in [-0.05, 0) is 139 Å². The summed E-state index contributed by atoms with van der Waals surface area (Å²) in [5, 5.41) is 4.99. The molecule has 2 nitrogen and oxygen atoms in total. The van der Waals surface area contributed by atoms with Crippen molar-refractivity contribution in [2.24, 2.45) is 0 Å². The molecule has 0 bridgehead atoms. The molecule has 0 saturated heterocycles. The fourth-order valence-corrected chi connectivity index (χ4v) is 9.68. The third-order valence-corrected chi connectivity index (χ3v) is 13.0. The van der Waals surface area contributed by atoms with E-state index in [4.69, 9.17) is 0 Å². The molecule has 0 amide bonds. The quantitative estimate of drug-likeness (QED) is 0.141. The number of anilines is 3. The molecule has 310 valence electrons. The minimum absolute atomic E-state index is 1.09. The van der Waals surface area contributed by atoms with Gasteiger partial charge in [0.1, 0.15) is 0 Å². The standard InChI is InChI=1S/C64H44N2/c1-4-13-45(14-5-1)48-23-33-55(34-24-48)65(57-39-29-52(30-40-57)60-22-12-20-51-19-10-11-21-59(51)60)56-35-25-49(26-36-56)50-27-37-58(38-28-50)66-63-41-31-53(46-15-6-2-7-16-46)43-61(63)62-44-54(32-42-64(62)66)47-17-8-3-9-18-47/h1-44H. The van der Waals surface area contributed by atoms with Gasteiger partial charge < -0.3 is 9.47 Å². The second kappa shape index (κ2) is 16.8. The van der Waals surface area contributed by atoms with Gasteiger partial charge in [-0.2, -0.15) is 0 Å². The van der Waals surface area contributed by atoms with E-state index < -0.39 is 0 Å². The van der Waals surface area contributed by atoms with Crippen molar-refractivity contribution in [3.05, 3.63) is 267 Å². The van der Waals surface area contributed by atoms with Crippen LogP contribution in [0.1, 0.15) is 0 Å². The number of rotatable bonds is 9. The molecular weight excluding hydrogens is 797 g/mol. The molecule has 0 unspecified atom stereocenters. The highest BCUT2D eigenvalue weighted by Gasteiger charge is 2.17. The highest BCUT2D eigenvalue weighted by molar-refractivity contribution is 6.11. The van der Waals surface area contributed by atoms with Crippen molar-refractivity contribution < 1.29 is 0 Å². The van der Waals surface area contributed by atoms with Crippen LogP contribution >= 0.6 is 0 Å². The van der Waals surface area contributed by atoms with Crippen LogP contribution in [0.3, 0.4) is 0 Å². The van der Waals surface area contributed by atoms with E-state index in [-0.39, 0.29) is 0 Å². The second-order valence-electron chi connectivity index (χ2n) is 16.9. The molecule has 0 spiro atoms. The molecule has 0 radical (unpaired) electrons. The second-order valence-corrected chi connectivity index (χ2v) is 16.9. The summed E-state index contributed by atoms with van der Waals surface area (Å²) in [6, 6.07) is 96.8. The molecule has 0 aliphatic carbocycles. The maximum Gasteiger partial charge on any atom is 0.0541 e. The lowest BCUT2D eigenvalue weighted by Gasteiger charge is -2.26. The number of hydrogen-bond donors (Lipinski definition) is 0. The lowest BCUT2D eigenvalue weighted by atomic mass is 9.98. The van der Waals surface area contributed by atoms with Crippen LogP contribution in [0.4, 0.5) is 17.1 Å². The van der Waals surface area contributed by atoms with E-state index in [1.165, 1.54) is 88.2 Å². The van der Waals surface area contributed by atoms with Crippen LogP contribution < -0.4 is 4.90 Å². The number of hydrogen-bond acceptors (Lipinski definition) is 1. The molecule has 11 aromatic carbocycles. The molecule has 0 atom stereocenters. The highest BCUT2D eigenvalue weighted by atomic mass is 15.1. The van der Waals surface area contributed by atoms with Crippen molar-refractivity contribution in [2.45, 2.75) is 0 Å². The van der Waals surface area contributed by atoms with Crippen LogP contribution in [0, 0.1) is 0 Å². The predicted octanol–water partition coefficient (Wildman–Crippen LogP) is 17.7.